The van der Waals surface area contributed by atoms with Gasteiger partial charge in [0.05, 0.1) is 6.10 Å². The first-order valence-electron chi connectivity index (χ1n) is 4.83. The molecule has 1 nitrogen and oxygen atoms in total. The molecule has 0 bridgehead atoms. The van der Waals surface area contributed by atoms with Crippen LogP contribution in [0.3, 0.4) is 0 Å². The fourth-order valence-corrected chi connectivity index (χ4v) is 2.11. The van der Waals surface area contributed by atoms with Crippen molar-refractivity contribution >= 4 is 0 Å². The van der Waals surface area contributed by atoms with Crippen LogP contribution in [0.15, 0.2) is 0 Å². The second-order valence-electron chi connectivity index (χ2n) is 4.28. The van der Waals surface area contributed by atoms with Crippen molar-refractivity contribution < 1.29 is 5.11 Å². The van der Waals surface area contributed by atoms with Crippen LogP contribution < -0.4 is 0 Å². The van der Waals surface area contributed by atoms with Crippen molar-refractivity contribution in [1.29, 1.82) is 0 Å². The minimum absolute atomic E-state index is 0.0161. The van der Waals surface area contributed by atoms with Crippen LogP contribution in [0.2, 0.25) is 0 Å². The highest BCUT2D eigenvalue weighted by Crippen LogP contribution is 2.39. The Morgan fingerprint density at radius 3 is 2.36 bits per heavy atom. The Balaban J connectivity index is 2.21. The number of aliphatic hydroxyl groups is 1. The summed E-state index contributed by atoms with van der Waals surface area (Å²) in [4.78, 5) is 0. The van der Waals surface area contributed by atoms with Gasteiger partial charge in [0.1, 0.15) is 0 Å². The van der Waals surface area contributed by atoms with Crippen LogP contribution in [0.5, 0.6) is 0 Å². The van der Waals surface area contributed by atoms with Crippen molar-refractivity contribution in [2.45, 2.75) is 46.1 Å². The maximum atomic E-state index is 9.62. The van der Waals surface area contributed by atoms with Gasteiger partial charge in [-0.3, -0.25) is 0 Å². The second kappa shape index (κ2) is 3.57. The molecule has 0 aromatic carbocycles. The zero-order valence-electron chi connectivity index (χ0n) is 7.88. The predicted octanol–water partition coefficient (Wildman–Crippen LogP) is 2.44. The highest BCUT2D eigenvalue weighted by molar-refractivity contribution is 4.88. The van der Waals surface area contributed by atoms with Crippen molar-refractivity contribution in [2.24, 2.45) is 17.8 Å². The lowest BCUT2D eigenvalue weighted by molar-refractivity contribution is -0.0514. The predicted molar refractivity (Wildman–Crippen MR) is 47.3 cm³/mol. The maximum Gasteiger partial charge on any atom is 0.0596 e. The van der Waals surface area contributed by atoms with Crippen molar-refractivity contribution in [3.8, 4) is 0 Å². The fraction of sp³-hybridized carbons (Fsp3) is 1.00. The Hall–Kier alpha value is -0.0400. The summed E-state index contributed by atoms with van der Waals surface area (Å²) in [6.07, 6.45) is 3.63. The molecule has 0 aromatic heterocycles. The maximum absolute atomic E-state index is 9.62. The summed E-state index contributed by atoms with van der Waals surface area (Å²) in [5.74, 6) is 1.96. The van der Waals surface area contributed by atoms with Crippen LogP contribution in [0.1, 0.15) is 40.0 Å². The van der Waals surface area contributed by atoms with E-state index in [0.29, 0.717) is 11.8 Å². The van der Waals surface area contributed by atoms with Crippen LogP contribution in [-0.2, 0) is 0 Å². The van der Waals surface area contributed by atoms with E-state index in [2.05, 4.69) is 20.8 Å². The van der Waals surface area contributed by atoms with Crippen molar-refractivity contribution in [3.05, 3.63) is 0 Å². The Labute approximate surface area is 69.8 Å². The van der Waals surface area contributed by atoms with Crippen LogP contribution in [-0.4, -0.2) is 11.2 Å². The molecular weight excluding hydrogens is 136 g/mol. The molecule has 66 valence electrons. The molecule has 0 aliphatic heterocycles. The lowest BCUT2D eigenvalue weighted by Gasteiger charge is -2.42. The van der Waals surface area contributed by atoms with Crippen molar-refractivity contribution in [2.75, 3.05) is 0 Å². The van der Waals surface area contributed by atoms with Gasteiger partial charge in [0.2, 0.25) is 0 Å². The molecule has 11 heavy (non-hydrogen) atoms. The van der Waals surface area contributed by atoms with E-state index in [4.69, 9.17) is 0 Å². The van der Waals surface area contributed by atoms with E-state index in [-0.39, 0.29) is 6.10 Å². The average molecular weight is 156 g/mol. The first-order chi connectivity index (χ1) is 5.15. The third-order valence-electron chi connectivity index (χ3n) is 2.87. The minimum atomic E-state index is 0.0161. The van der Waals surface area contributed by atoms with Gasteiger partial charge in [-0.1, -0.05) is 27.2 Å². The Bertz CT molecular complexity index is 120. The van der Waals surface area contributed by atoms with E-state index in [1.54, 1.807) is 0 Å². The summed E-state index contributed by atoms with van der Waals surface area (Å²) >= 11 is 0. The number of hydrogen-bond donors (Lipinski definition) is 1. The molecule has 0 saturated heterocycles. The highest BCUT2D eigenvalue weighted by atomic mass is 16.3. The molecule has 0 radical (unpaired) electrons. The monoisotopic (exact) mass is 156 g/mol. The molecule has 1 rings (SSSR count). The van der Waals surface area contributed by atoms with Gasteiger partial charge in [-0.15, -0.1) is 0 Å². The molecular formula is C10H20O. The topological polar surface area (TPSA) is 20.2 Å². The molecule has 1 aliphatic carbocycles. The lowest BCUT2D eigenvalue weighted by atomic mass is 9.68. The fourth-order valence-electron chi connectivity index (χ4n) is 2.11. The van der Waals surface area contributed by atoms with Gasteiger partial charge in [0.15, 0.2) is 0 Å². The summed E-state index contributed by atoms with van der Waals surface area (Å²) in [6.45, 7) is 6.62. The van der Waals surface area contributed by atoms with Crippen molar-refractivity contribution in [1.82, 2.24) is 0 Å². The molecule has 1 saturated carbocycles. The van der Waals surface area contributed by atoms with Gasteiger partial charge >= 0.3 is 0 Å². The number of aliphatic hydroxyl groups excluding tert-OH is 1. The standard InChI is InChI=1S/C10H20O/c1-4-8-6-9(10(8)11)5-7(2)3/h7-11H,4-6H2,1-3H3. The molecule has 3 unspecified atom stereocenters. The molecule has 1 fully saturated rings. The molecule has 0 heterocycles. The zero-order chi connectivity index (χ0) is 8.43. The Kier molecular flexibility index (Phi) is 2.94. The Morgan fingerprint density at radius 2 is 2.00 bits per heavy atom. The Morgan fingerprint density at radius 1 is 1.36 bits per heavy atom. The first-order valence-corrected chi connectivity index (χ1v) is 4.83. The first kappa shape index (κ1) is 9.05. The van der Waals surface area contributed by atoms with Crippen molar-refractivity contribution in [3.63, 3.8) is 0 Å². The molecule has 1 heteroatoms. The van der Waals surface area contributed by atoms with E-state index in [1.165, 1.54) is 12.8 Å². The molecule has 0 amide bonds. The molecule has 1 aliphatic rings. The lowest BCUT2D eigenvalue weighted by Crippen LogP contribution is -2.42. The van der Waals surface area contributed by atoms with E-state index >= 15 is 0 Å². The molecule has 1 N–H and O–H groups in total. The number of hydrogen-bond acceptors (Lipinski definition) is 1. The van der Waals surface area contributed by atoms with Gasteiger partial charge in [0, 0.05) is 0 Å². The van der Waals surface area contributed by atoms with Gasteiger partial charge in [-0.05, 0) is 30.6 Å². The van der Waals surface area contributed by atoms with Crippen LogP contribution in [0.25, 0.3) is 0 Å². The summed E-state index contributed by atoms with van der Waals surface area (Å²) in [6, 6.07) is 0. The molecule has 0 spiro atoms. The van der Waals surface area contributed by atoms with Gasteiger partial charge in [-0.25, -0.2) is 0 Å². The smallest absolute Gasteiger partial charge is 0.0596 e. The normalized spacial score (nSPS) is 37.4. The third kappa shape index (κ3) is 1.96. The van der Waals surface area contributed by atoms with E-state index in [9.17, 15) is 5.11 Å². The minimum Gasteiger partial charge on any atom is -0.393 e. The summed E-state index contributed by atoms with van der Waals surface area (Å²) < 4.78 is 0. The van der Waals surface area contributed by atoms with Gasteiger partial charge in [-0.2, -0.15) is 0 Å². The molecule has 3 atom stereocenters. The summed E-state index contributed by atoms with van der Waals surface area (Å²) in [7, 11) is 0. The summed E-state index contributed by atoms with van der Waals surface area (Å²) in [5.41, 5.74) is 0. The highest BCUT2D eigenvalue weighted by Gasteiger charge is 2.37. The SMILES string of the molecule is CCC1CC(CC(C)C)C1O. The van der Waals surface area contributed by atoms with E-state index in [0.717, 1.165) is 12.3 Å². The quantitative estimate of drug-likeness (QED) is 0.665. The van der Waals surface area contributed by atoms with E-state index < -0.39 is 0 Å². The third-order valence-corrected chi connectivity index (χ3v) is 2.87. The van der Waals surface area contributed by atoms with Gasteiger partial charge in [0.25, 0.3) is 0 Å². The van der Waals surface area contributed by atoms with Crippen LogP contribution in [0.4, 0.5) is 0 Å². The van der Waals surface area contributed by atoms with Gasteiger partial charge < -0.3 is 5.11 Å². The average Bonchev–Trinajstić information content (AvgIpc) is 1.96. The molecule has 0 aromatic rings. The van der Waals surface area contributed by atoms with Crippen LogP contribution >= 0.6 is 0 Å². The number of rotatable bonds is 3. The summed E-state index contributed by atoms with van der Waals surface area (Å²) in [5, 5.41) is 9.62. The zero-order valence-corrected chi connectivity index (χ0v) is 7.88. The largest absolute Gasteiger partial charge is 0.393 e. The van der Waals surface area contributed by atoms with E-state index in [1.807, 2.05) is 0 Å². The second-order valence-corrected chi connectivity index (χ2v) is 4.28. The van der Waals surface area contributed by atoms with Crippen LogP contribution in [0, 0.1) is 17.8 Å².